The van der Waals surface area contributed by atoms with E-state index >= 15 is 0 Å². The van der Waals surface area contributed by atoms with Crippen LogP contribution in [0, 0.1) is 6.92 Å². The van der Waals surface area contributed by atoms with Crippen LogP contribution in [0.1, 0.15) is 15.9 Å². The number of hydrogen-bond donors (Lipinski definition) is 2. The van der Waals surface area contributed by atoms with Crippen LogP contribution in [-0.2, 0) is 7.05 Å². The quantitative estimate of drug-likeness (QED) is 0.542. The number of nitrogens with one attached hydrogen (secondary N) is 2. The number of amides is 1. The zero-order valence-electron chi connectivity index (χ0n) is 15.6. The van der Waals surface area contributed by atoms with Crippen LogP contribution >= 0.6 is 11.6 Å². The van der Waals surface area contributed by atoms with Gasteiger partial charge in [-0.1, -0.05) is 23.7 Å². The highest BCUT2D eigenvalue weighted by atomic mass is 35.5. The summed E-state index contributed by atoms with van der Waals surface area (Å²) in [6.07, 6.45) is 3.60. The minimum atomic E-state index is -0.312. The van der Waals surface area contributed by atoms with Crippen molar-refractivity contribution in [1.82, 2.24) is 20.0 Å². The second-order valence-electron chi connectivity index (χ2n) is 6.46. The lowest BCUT2D eigenvalue weighted by molar-refractivity contribution is 0.102. The summed E-state index contributed by atoms with van der Waals surface area (Å²) in [7, 11) is 3.36. The summed E-state index contributed by atoms with van der Waals surface area (Å²) < 4.78 is 7.14. The maximum absolute atomic E-state index is 13.0. The van der Waals surface area contributed by atoms with Crippen molar-refractivity contribution < 1.29 is 9.53 Å². The van der Waals surface area contributed by atoms with Crippen LogP contribution in [0.4, 0.5) is 5.69 Å². The lowest BCUT2D eigenvalue weighted by Gasteiger charge is -2.13. The Morgan fingerprint density at radius 2 is 2.14 bits per heavy atom. The third kappa shape index (κ3) is 3.10. The number of aromatic amines is 1. The Morgan fingerprint density at radius 1 is 1.32 bits per heavy atom. The topological polar surface area (TPSA) is 84.8 Å². The monoisotopic (exact) mass is 395 g/mol. The van der Waals surface area contributed by atoms with Gasteiger partial charge in [0, 0.05) is 30.3 Å². The highest BCUT2D eigenvalue weighted by Gasteiger charge is 2.19. The fourth-order valence-corrected chi connectivity index (χ4v) is 3.39. The number of anilines is 1. The molecule has 0 radical (unpaired) electrons. The number of H-pyrrole nitrogens is 1. The Labute approximate surface area is 166 Å². The molecule has 28 heavy (non-hydrogen) atoms. The van der Waals surface area contributed by atoms with Crippen molar-refractivity contribution in [3.8, 4) is 17.0 Å². The molecule has 0 atom stereocenters. The van der Waals surface area contributed by atoms with Gasteiger partial charge in [-0.15, -0.1) is 0 Å². The number of carbonyl (C=O) groups is 1. The number of carbonyl (C=O) groups excluding carboxylic acids is 1. The number of halogens is 1. The summed E-state index contributed by atoms with van der Waals surface area (Å²) in [4.78, 5) is 13.0. The molecule has 0 saturated carbocycles. The van der Waals surface area contributed by atoms with E-state index in [2.05, 4.69) is 20.6 Å². The van der Waals surface area contributed by atoms with E-state index in [1.807, 2.05) is 32.3 Å². The van der Waals surface area contributed by atoms with E-state index in [0.29, 0.717) is 27.7 Å². The predicted octanol–water partition coefficient (Wildman–Crippen LogP) is 4.19. The Balaban J connectivity index is 1.80. The molecule has 0 fully saturated rings. The molecule has 0 unspecified atom stereocenters. The first-order valence-electron chi connectivity index (χ1n) is 8.59. The van der Waals surface area contributed by atoms with Crippen molar-refractivity contribution in [3.05, 3.63) is 58.9 Å². The van der Waals surface area contributed by atoms with Crippen molar-refractivity contribution in [2.24, 2.45) is 7.05 Å². The first-order valence-corrected chi connectivity index (χ1v) is 8.97. The van der Waals surface area contributed by atoms with E-state index in [4.69, 9.17) is 16.3 Å². The standard InChI is InChI=1S/C20H18ClN5O2/c1-11-5-4-6-15(21)18(11)23-20(27)14-7-13-16(8-17(14)28-3)24-25-19(13)12-9-22-26(2)10-12/h4-10H,1-3H3,(H,23,27)(H,24,25). The molecule has 2 aromatic carbocycles. The lowest BCUT2D eigenvalue weighted by Crippen LogP contribution is -2.14. The average Bonchev–Trinajstić information content (AvgIpc) is 3.29. The molecule has 2 aromatic heterocycles. The van der Waals surface area contributed by atoms with Gasteiger partial charge in [-0.2, -0.15) is 10.2 Å². The third-order valence-electron chi connectivity index (χ3n) is 4.57. The minimum Gasteiger partial charge on any atom is -0.496 e. The molecule has 0 aliphatic heterocycles. The molecule has 142 valence electrons. The summed E-state index contributed by atoms with van der Waals surface area (Å²) in [6.45, 7) is 1.89. The molecular formula is C20H18ClN5O2. The fourth-order valence-electron chi connectivity index (χ4n) is 3.13. The summed E-state index contributed by atoms with van der Waals surface area (Å²) in [5, 5.41) is 15.7. The van der Waals surface area contributed by atoms with E-state index in [1.165, 1.54) is 7.11 Å². The van der Waals surface area contributed by atoms with Crippen LogP contribution < -0.4 is 10.1 Å². The number of benzene rings is 2. The van der Waals surface area contributed by atoms with Gasteiger partial charge in [-0.25, -0.2) is 0 Å². The summed E-state index contributed by atoms with van der Waals surface area (Å²) in [6, 6.07) is 8.99. The van der Waals surface area contributed by atoms with Gasteiger partial charge in [-0.05, 0) is 24.6 Å². The number of methoxy groups -OCH3 is 1. The molecule has 4 rings (SSSR count). The molecule has 0 bridgehead atoms. The van der Waals surface area contributed by atoms with Crippen LogP contribution in [0.15, 0.2) is 42.7 Å². The van der Waals surface area contributed by atoms with Gasteiger partial charge in [0.2, 0.25) is 0 Å². The molecule has 1 amide bonds. The predicted molar refractivity (Wildman–Crippen MR) is 109 cm³/mol. The molecule has 7 nitrogen and oxygen atoms in total. The zero-order valence-corrected chi connectivity index (χ0v) is 16.3. The van der Waals surface area contributed by atoms with Crippen molar-refractivity contribution in [2.75, 3.05) is 12.4 Å². The third-order valence-corrected chi connectivity index (χ3v) is 4.88. The number of ether oxygens (including phenoxy) is 1. The van der Waals surface area contributed by atoms with Gasteiger partial charge in [0.25, 0.3) is 5.91 Å². The Morgan fingerprint density at radius 3 is 2.82 bits per heavy atom. The summed E-state index contributed by atoms with van der Waals surface area (Å²) in [5.41, 5.74) is 4.18. The van der Waals surface area contributed by atoms with E-state index in [-0.39, 0.29) is 5.91 Å². The van der Waals surface area contributed by atoms with Crippen molar-refractivity contribution >= 4 is 34.1 Å². The maximum atomic E-state index is 13.0. The fraction of sp³-hybridized carbons (Fsp3) is 0.150. The highest BCUT2D eigenvalue weighted by molar-refractivity contribution is 6.34. The van der Waals surface area contributed by atoms with Crippen molar-refractivity contribution in [2.45, 2.75) is 6.92 Å². The molecule has 2 N–H and O–H groups in total. The second-order valence-corrected chi connectivity index (χ2v) is 6.87. The van der Waals surface area contributed by atoms with Crippen LogP contribution in [0.5, 0.6) is 5.75 Å². The number of nitrogens with zero attached hydrogens (tertiary/aromatic N) is 3. The SMILES string of the molecule is COc1cc2[nH]nc(-c3cnn(C)c3)c2cc1C(=O)Nc1c(C)cccc1Cl. The van der Waals surface area contributed by atoms with Crippen LogP contribution in [0.3, 0.4) is 0 Å². The van der Waals surface area contributed by atoms with Gasteiger partial charge in [-0.3, -0.25) is 14.6 Å². The van der Waals surface area contributed by atoms with E-state index in [1.54, 1.807) is 29.1 Å². The Hall–Kier alpha value is -3.32. The molecule has 2 heterocycles. The van der Waals surface area contributed by atoms with Gasteiger partial charge < -0.3 is 10.1 Å². The zero-order chi connectivity index (χ0) is 19.8. The number of aromatic nitrogens is 4. The van der Waals surface area contributed by atoms with Gasteiger partial charge in [0.1, 0.15) is 11.4 Å². The summed E-state index contributed by atoms with van der Waals surface area (Å²) in [5.74, 6) is 0.129. The number of para-hydroxylation sites is 1. The summed E-state index contributed by atoms with van der Waals surface area (Å²) >= 11 is 6.25. The van der Waals surface area contributed by atoms with E-state index in [9.17, 15) is 4.79 Å². The highest BCUT2D eigenvalue weighted by Crippen LogP contribution is 2.33. The molecule has 8 heteroatoms. The minimum absolute atomic E-state index is 0.312. The van der Waals surface area contributed by atoms with Crippen molar-refractivity contribution in [1.29, 1.82) is 0 Å². The molecular weight excluding hydrogens is 378 g/mol. The number of rotatable bonds is 4. The van der Waals surface area contributed by atoms with Crippen LogP contribution in [-0.4, -0.2) is 33.0 Å². The van der Waals surface area contributed by atoms with Crippen molar-refractivity contribution in [3.63, 3.8) is 0 Å². The molecule has 0 saturated heterocycles. The number of hydrogen-bond acceptors (Lipinski definition) is 4. The van der Waals surface area contributed by atoms with Gasteiger partial charge in [0.15, 0.2) is 0 Å². The van der Waals surface area contributed by atoms with Gasteiger partial charge in [0.05, 0.1) is 35.1 Å². The average molecular weight is 396 g/mol. The van der Waals surface area contributed by atoms with Crippen LogP contribution in [0.25, 0.3) is 22.2 Å². The first kappa shape index (κ1) is 18.1. The molecule has 0 aliphatic rings. The molecule has 0 spiro atoms. The second kappa shape index (κ2) is 7.01. The first-order chi connectivity index (χ1) is 13.5. The maximum Gasteiger partial charge on any atom is 0.259 e. The Bertz CT molecular complexity index is 1170. The van der Waals surface area contributed by atoms with E-state index < -0.39 is 0 Å². The lowest BCUT2D eigenvalue weighted by atomic mass is 10.1. The van der Waals surface area contributed by atoms with E-state index in [0.717, 1.165) is 22.0 Å². The largest absolute Gasteiger partial charge is 0.496 e. The molecule has 0 aliphatic carbocycles. The number of aryl methyl sites for hydroxylation is 2. The molecule has 4 aromatic rings. The van der Waals surface area contributed by atoms with Crippen LogP contribution in [0.2, 0.25) is 5.02 Å². The normalized spacial score (nSPS) is 11.0. The smallest absolute Gasteiger partial charge is 0.259 e. The van der Waals surface area contributed by atoms with Gasteiger partial charge >= 0.3 is 0 Å². The number of fused-ring (bicyclic) bond motifs is 1. The Kier molecular flexibility index (Phi) is 4.52.